The van der Waals surface area contributed by atoms with E-state index in [2.05, 4.69) is 20.9 Å². The molecule has 136 valence electrons. The molecule has 5 nitrogen and oxygen atoms in total. The zero-order valence-corrected chi connectivity index (χ0v) is 17.1. The normalized spacial score (nSPS) is 13.5. The first kappa shape index (κ1) is 17.2. The van der Waals surface area contributed by atoms with Crippen LogP contribution in [-0.2, 0) is 12.8 Å². The number of rotatable bonds is 5. The van der Waals surface area contributed by atoms with Crippen LogP contribution in [0.5, 0.6) is 0 Å². The second-order valence-electron chi connectivity index (χ2n) is 6.34. The van der Waals surface area contributed by atoms with E-state index in [4.69, 9.17) is 4.98 Å². The van der Waals surface area contributed by atoms with Gasteiger partial charge in [-0.3, -0.25) is 9.20 Å². The molecule has 0 fully saturated rings. The summed E-state index contributed by atoms with van der Waals surface area (Å²) in [7, 11) is 0. The summed E-state index contributed by atoms with van der Waals surface area (Å²) in [4.78, 5) is 18.7. The first-order valence-electron chi connectivity index (χ1n) is 8.70. The van der Waals surface area contributed by atoms with Gasteiger partial charge in [0, 0.05) is 10.4 Å². The highest BCUT2D eigenvalue weighted by Gasteiger charge is 2.24. The summed E-state index contributed by atoms with van der Waals surface area (Å²) in [5, 5.41) is 10.6. The molecule has 0 saturated carbocycles. The van der Waals surface area contributed by atoms with Crippen molar-refractivity contribution in [1.82, 2.24) is 19.6 Å². The molecule has 27 heavy (non-hydrogen) atoms. The molecule has 0 saturated heterocycles. The van der Waals surface area contributed by atoms with Gasteiger partial charge in [-0.2, -0.15) is 0 Å². The minimum Gasteiger partial charge on any atom is -0.293 e. The molecule has 5 rings (SSSR count). The third-order valence-electron chi connectivity index (χ3n) is 4.69. The van der Waals surface area contributed by atoms with Crippen molar-refractivity contribution in [2.75, 3.05) is 12.0 Å². The third kappa shape index (κ3) is 2.86. The number of benzene rings is 1. The van der Waals surface area contributed by atoms with Crippen molar-refractivity contribution in [2.24, 2.45) is 0 Å². The first-order chi connectivity index (χ1) is 13.3. The molecule has 0 aliphatic heterocycles. The first-order valence-corrected chi connectivity index (χ1v) is 11.7. The number of carbonyl (C=O) groups excluding carboxylic acids is 1. The Balaban J connectivity index is 1.54. The van der Waals surface area contributed by atoms with Crippen LogP contribution < -0.4 is 0 Å². The quantitative estimate of drug-likeness (QED) is 0.355. The van der Waals surface area contributed by atoms with Crippen LogP contribution in [0.25, 0.3) is 15.9 Å². The van der Waals surface area contributed by atoms with Crippen molar-refractivity contribution in [1.29, 1.82) is 0 Å². The fourth-order valence-corrected chi connectivity index (χ4v) is 6.48. The Bertz CT molecular complexity index is 1170. The molecule has 0 N–H and O–H groups in total. The molecule has 0 unspecified atom stereocenters. The van der Waals surface area contributed by atoms with Crippen LogP contribution in [0.15, 0.2) is 40.5 Å². The van der Waals surface area contributed by atoms with Gasteiger partial charge in [0.1, 0.15) is 10.5 Å². The van der Waals surface area contributed by atoms with E-state index in [1.807, 2.05) is 41.7 Å². The van der Waals surface area contributed by atoms with Gasteiger partial charge in [-0.1, -0.05) is 42.1 Å². The summed E-state index contributed by atoms with van der Waals surface area (Å²) < 4.78 is 3.25. The molecule has 1 aromatic carbocycles. The number of thioether (sulfide) groups is 2. The van der Waals surface area contributed by atoms with Gasteiger partial charge in [-0.25, -0.2) is 4.98 Å². The number of nitrogens with zero attached hydrogens (tertiary/aromatic N) is 4. The molecule has 0 bridgehead atoms. The van der Waals surface area contributed by atoms with Gasteiger partial charge in [0.2, 0.25) is 0 Å². The van der Waals surface area contributed by atoms with Crippen molar-refractivity contribution in [3.63, 3.8) is 0 Å². The molecule has 0 atom stereocenters. The molecule has 0 spiro atoms. The van der Waals surface area contributed by atoms with Crippen molar-refractivity contribution >= 4 is 56.5 Å². The lowest BCUT2D eigenvalue weighted by Gasteiger charge is -2.02. The van der Waals surface area contributed by atoms with Crippen LogP contribution in [-0.4, -0.2) is 37.4 Å². The number of hydrogen-bond donors (Lipinski definition) is 0. The Kier molecular flexibility index (Phi) is 4.41. The standard InChI is InChI=1S/C19H16N4OS3/c1-25-18-16-15(20-12-8-5-9-14(12)27-16)17-21-22-19(23(17)18)26-10-13(24)11-6-3-2-4-7-11/h2-4,6-7H,5,8-10H2,1H3. The molecule has 4 aromatic rings. The van der Waals surface area contributed by atoms with E-state index in [0.717, 1.165) is 39.8 Å². The van der Waals surface area contributed by atoms with Crippen molar-refractivity contribution in [3.8, 4) is 0 Å². The molecule has 0 radical (unpaired) electrons. The van der Waals surface area contributed by atoms with Gasteiger partial charge in [-0.15, -0.1) is 33.3 Å². The average Bonchev–Trinajstić information content (AvgIpc) is 3.39. The summed E-state index contributed by atoms with van der Waals surface area (Å²) in [5.74, 6) is 0.437. The number of fused-ring (bicyclic) bond motifs is 4. The van der Waals surface area contributed by atoms with Crippen LogP contribution in [0.2, 0.25) is 0 Å². The molecule has 1 aliphatic rings. The maximum absolute atomic E-state index is 12.4. The zero-order chi connectivity index (χ0) is 18.4. The summed E-state index contributed by atoms with van der Waals surface area (Å²) >= 11 is 4.96. The second kappa shape index (κ2) is 6.92. The minimum atomic E-state index is 0.0964. The Morgan fingerprint density at radius 1 is 1.22 bits per heavy atom. The number of ketones is 1. The number of hydrogen-bond acceptors (Lipinski definition) is 7. The summed E-state index contributed by atoms with van der Waals surface area (Å²) in [5.41, 5.74) is 3.68. The lowest BCUT2D eigenvalue weighted by atomic mass is 10.2. The maximum Gasteiger partial charge on any atom is 0.197 e. The Labute approximate surface area is 168 Å². The smallest absolute Gasteiger partial charge is 0.197 e. The Morgan fingerprint density at radius 3 is 2.89 bits per heavy atom. The molecule has 1 aliphatic carbocycles. The van der Waals surface area contributed by atoms with Crippen molar-refractivity contribution in [2.45, 2.75) is 29.4 Å². The van der Waals surface area contributed by atoms with Crippen LogP contribution in [0.4, 0.5) is 0 Å². The van der Waals surface area contributed by atoms with Crippen LogP contribution >= 0.6 is 34.9 Å². The van der Waals surface area contributed by atoms with E-state index in [-0.39, 0.29) is 5.78 Å². The highest BCUT2D eigenvalue weighted by Crippen LogP contribution is 2.39. The molecular formula is C19H16N4OS3. The van der Waals surface area contributed by atoms with E-state index in [1.165, 1.54) is 33.5 Å². The number of carbonyl (C=O) groups is 1. The summed E-state index contributed by atoms with van der Waals surface area (Å²) in [6.07, 6.45) is 5.42. The summed E-state index contributed by atoms with van der Waals surface area (Å²) in [6, 6.07) is 9.38. The monoisotopic (exact) mass is 412 g/mol. The molecule has 3 aromatic heterocycles. The van der Waals surface area contributed by atoms with E-state index >= 15 is 0 Å². The van der Waals surface area contributed by atoms with Gasteiger partial charge in [0.25, 0.3) is 0 Å². The van der Waals surface area contributed by atoms with Gasteiger partial charge in [0.05, 0.1) is 16.1 Å². The second-order valence-corrected chi connectivity index (χ2v) is 9.19. The zero-order valence-electron chi connectivity index (χ0n) is 14.6. The fraction of sp³-hybridized carbons (Fsp3) is 0.263. The number of Topliss-reactive ketones (excluding diaryl/α,β-unsaturated/α-hetero) is 1. The van der Waals surface area contributed by atoms with Crippen molar-refractivity contribution in [3.05, 3.63) is 46.5 Å². The SMILES string of the molecule is CSc1c2sc3c(nc2c2nnc(SCC(=O)c4ccccc4)n12)CCC3. The highest BCUT2D eigenvalue weighted by molar-refractivity contribution is 8.00. The minimum absolute atomic E-state index is 0.0964. The number of aromatic nitrogens is 4. The lowest BCUT2D eigenvalue weighted by molar-refractivity contribution is 0.102. The van der Waals surface area contributed by atoms with Crippen LogP contribution in [0, 0.1) is 0 Å². The molecule has 0 amide bonds. The predicted octanol–water partition coefficient (Wildman–Crippen LogP) is 4.52. The number of aryl methyl sites for hydroxylation is 2. The van der Waals surface area contributed by atoms with Crippen LogP contribution in [0.1, 0.15) is 27.3 Å². The molecule has 8 heteroatoms. The summed E-state index contributed by atoms with van der Waals surface area (Å²) in [6.45, 7) is 0. The maximum atomic E-state index is 12.4. The van der Waals surface area contributed by atoms with Gasteiger partial charge in [0.15, 0.2) is 16.6 Å². The fourth-order valence-electron chi connectivity index (χ4n) is 3.40. The Morgan fingerprint density at radius 2 is 2.07 bits per heavy atom. The van der Waals surface area contributed by atoms with Crippen molar-refractivity contribution < 1.29 is 4.79 Å². The molecular weight excluding hydrogens is 396 g/mol. The molecule has 3 heterocycles. The predicted molar refractivity (Wildman–Crippen MR) is 111 cm³/mol. The average molecular weight is 413 g/mol. The Hall–Kier alpha value is -1.90. The van der Waals surface area contributed by atoms with Gasteiger partial charge >= 0.3 is 0 Å². The highest BCUT2D eigenvalue weighted by atomic mass is 32.2. The topological polar surface area (TPSA) is 60.2 Å². The lowest BCUT2D eigenvalue weighted by Crippen LogP contribution is -2.02. The van der Waals surface area contributed by atoms with E-state index in [0.29, 0.717) is 5.75 Å². The third-order valence-corrected chi connectivity index (χ3v) is 7.80. The largest absolute Gasteiger partial charge is 0.293 e. The van der Waals surface area contributed by atoms with E-state index < -0.39 is 0 Å². The van der Waals surface area contributed by atoms with E-state index in [9.17, 15) is 4.79 Å². The van der Waals surface area contributed by atoms with E-state index in [1.54, 1.807) is 11.8 Å². The van der Waals surface area contributed by atoms with Gasteiger partial charge < -0.3 is 0 Å². The van der Waals surface area contributed by atoms with Gasteiger partial charge in [-0.05, 0) is 25.5 Å². The van der Waals surface area contributed by atoms with Crippen LogP contribution in [0.3, 0.4) is 0 Å².